The van der Waals surface area contributed by atoms with Gasteiger partial charge in [-0.15, -0.1) is 0 Å². The van der Waals surface area contributed by atoms with Gasteiger partial charge in [-0.25, -0.2) is 4.79 Å². The van der Waals surface area contributed by atoms with Crippen molar-refractivity contribution in [2.24, 2.45) is 0 Å². The van der Waals surface area contributed by atoms with Crippen LogP contribution in [0.1, 0.15) is 32.2 Å². The van der Waals surface area contributed by atoms with Gasteiger partial charge in [-0.1, -0.05) is 40.1 Å². The molecule has 0 aliphatic heterocycles. The van der Waals surface area contributed by atoms with Gasteiger partial charge in [-0.3, -0.25) is 13.9 Å². The summed E-state index contributed by atoms with van der Waals surface area (Å²) >= 11 is 3.40. The minimum atomic E-state index is -0.383. The quantitative estimate of drug-likeness (QED) is 0.455. The Hall–Kier alpha value is -3.00. The molecule has 148 valence electrons. The van der Waals surface area contributed by atoms with Crippen LogP contribution in [0, 0.1) is 0 Å². The largest absolute Gasteiger partial charge is 0.337 e. The lowest BCUT2D eigenvalue weighted by atomic mass is 10.2. The van der Waals surface area contributed by atoms with Gasteiger partial charge < -0.3 is 4.52 Å². The highest BCUT2D eigenvalue weighted by Crippen LogP contribution is 2.19. The molecule has 4 aromatic rings. The Bertz CT molecular complexity index is 1290. The van der Waals surface area contributed by atoms with Crippen LogP contribution in [0.15, 0.2) is 67.1 Å². The van der Waals surface area contributed by atoms with E-state index in [0.717, 1.165) is 10.0 Å². The summed E-state index contributed by atoms with van der Waals surface area (Å²) in [6, 6.07) is 14.4. The van der Waals surface area contributed by atoms with E-state index >= 15 is 0 Å². The fraction of sp³-hybridized carbons (Fsp3) is 0.238. The molecule has 0 aliphatic carbocycles. The summed E-state index contributed by atoms with van der Waals surface area (Å²) in [4.78, 5) is 30.4. The molecule has 0 spiro atoms. The summed E-state index contributed by atoms with van der Waals surface area (Å²) in [5, 5.41) is 4.51. The van der Waals surface area contributed by atoms with Crippen LogP contribution < -0.4 is 11.2 Å². The third-order valence-electron chi connectivity index (χ3n) is 4.98. The zero-order chi connectivity index (χ0) is 20.5. The topological polar surface area (TPSA) is 82.9 Å². The molecule has 4 rings (SSSR count). The fourth-order valence-electron chi connectivity index (χ4n) is 3.23. The van der Waals surface area contributed by atoms with Crippen molar-refractivity contribution in [2.75, 3.05) is 0 Å². The molecule has 0 fully saturated rings. The van der Waals surface area contributed by atoms with Gasteiger partial charge in [0.2, 0.25) is 11.7 Å². The van der Waals surface area contributed by atoms with E-state index < -0.39 is 0 Å². The predicted molar refractivity (Wildman–Crippen MR) is 114 cm³/mol. The van der Waals surface area contributed by atoms with Crippen molar-refractivity contribution in [2.45, 2.75) is 32.9 Å². The highest BCUT2D eigenvalue weighted by atomic mass is 79.9. The van der Waals surface area contributed by atoms with Crippen molar-refractivity contribution in [3.8, 4) is 11.4 Å². The Balaban J connectivity index is 1.82. The van der Waals surface area contributed by atoms with Crippen molar-refractivity contribution in [1.29, 1.82) is 0 Å². The van der Waals surface area contributed by atoms with E-state index in [1.165, 1.54) is 9.13 Å². The maximum absolute atomic E-state index is 13.2. The molecule has 2 heterocycles. The molecule has 0 amide bonds. The number of fused-ring (bicyclic) bond motifs is 1. The lowest BCUT2D eigenvalue weighted by Gasteiger charge is -2.16. The first kappa shape index (κ1) is 19.3. The SMILES string of the molecule is CC[C@H](C)n1c(=O)c2ccccc2n(Cc2nc(-c3ccc(Br)cc3)no2)c1=O. The molecular formula is C21H19BrN4O3. The lowest BCUT2D eigenvalue weighted by Crippen LogP contribution is -2.41. The van der Waals surface area contributed by atoms with Crippen LogP contribution in [0.4, 0.5) is 0 Å². The molecule has 2 aromatic heterocycles. The Morgan fingerprint density at radius 3 is 2.55 bits per heavy atom. The Morgan fingerprint density at radius 1 is 1.10 bits per heavy atom. The highest BCUT2D eigenvalue weighted by Gasteiger charge is 2.18. The number of aromatic nitrogens is 4. The number of nitrogens with zero attached hydrogens (tertiary/aromatic N) is 4. The average molecular weight is 455 g/mol. The molecule has 0 radical (unpaired) electrons. The zero-order valence-corrected chi connectivity index (χ0v) is 17.6. The van der Waals surface area contributed by atoms with E-state index in [1.54, 1.807) is 24.3 Å². The predicted octanol–water partition coefficient (Wildman–Crippen LogP) is 4.00. The first-order valence-corrected chi connectivity index (χ1v) is 10.1. The highest BCUT2D eigenvalue weighted by molar-refractivity contribution is 9.10. The molecule has 2 aromatic carbocycles. The normalized spacial score (nSPS) is 12.4. The van der Waals surface area contributed by atoms with Crippen LogP contribution >= 0.6 is 15.9 Å². The van der Waals surface area contributed by atoms with Gasteiger partial charge in [0.1, 0.15) is 6.54 Å². The first-order valence-electron chi connectivity index (χ1n) is 9.32. The smallest absolute Gasteiger partial charge is 0.332 e. The Morgan fingerprint density at radius 2 is 1.83 bits per heavy atom. The second-order valence-electron chi connectivity index (χ2n) is 6.84. The fourth-order valence-corrected chi connectivity index (χ4v) is 3.50. The Labute approximate surface area is 174 Å². The van der Waals surface area contributed by atoms with Gasteiger partial charge in [0.25, 0.3) is 5.56 Å². The standard InChI is InChI=1S/C21H19BrN4O3/c1-3-13(2)26-20(27)16-6-4-5-7-17(16)25(21(26)28)12-18-23-19(24-29-18)14-8-10-15(22)11-9-14/h4-11,13H,3,12H2,1-2H3/t13-/m0/s1. The van der Waals surface area contributed by atoms with E-state index in [9.17, 15) is 9.59 Å². The van der Waals surface area contributed by atoms with Gasteiger partial charge in [-0.2, -0.15) is 4.98 Å². The summed E-state index contributed by atoms with van der Waals surface area (Å²) in [5.41, 5.74) is 0.694. The second-order valence-corrected chi connectivity index (χ2v) is 7.75. The molecule has 29 heavy (non-hydrogen) atoms. The molecule has 7 nitrogen and oxygen atoms in total. The van der Waals surface area contributed by atoms with Crippen LogP contribution in [0.5, 0.6) is 0 Å². The third-order valence-corrected chi connectivity index (χ3v) is 5.51. The summed E-state index contributed by atoms with van der Waals surface area (Å²) < 4.78 is 9.16. The van der Waals surface area contributed by atoms with Crippen molar-refractivity contribution < 1.29 is 4.52 Å². The molecule has 0 unspecified atom stereocenters. The van der Waals surface area contributed by atoms with Gasteiger partial charge in [0.15, 0.2) is 0 Å². The zero-order valence-electron chi connectivity index (χ0n) is 16.0. The summed E-state index contributed by atoms with van der Waals surface area (Å²) in [6.07, 6.45) is 0.668. The Kier molecular flexibility index (Phi) is 5.19. The number of hydrogen-bond acceptors (Lipinski definition) is 5. The number of hydrogen-bond donors (Lipinski definition) is 0. The van der Waals surface area contributed by atoms with Crippen molar-refractivity contribution >= 4 is 26.8 Å². The molecule has 0 N–H and O–H groups in total. The number of halogens is 1. The molecule has 0 saturated heterocycles. The molecule has 0 aliphatic rings. The number of benzene rings is 2. The van der Waals surface area contributed by atoms with Gasteiger partial charge in [0.05, 0.1) is 10.9 Å². The van der Waals surface area contributed by atoms with E-state index in [4.69, 9.17) is 4.52 Å². The van der Waals surface area contributed by atoms with Crippen LogP contribution in [0.3, 0.4) is 0 Å². The van der Waals surface area contributed by atoms with E-state index in [-0.39, 0.29) is 23.8 Å². The maximum atomic E-state index is 13.2. The number of para-hydroxylation sites is 1. The van der Waals surface area contributed by atoms with Gasteiger partial charge in [-0.05, 0) is 49.7 Å². The number of rotatable bonds is 5. The van der Waals surface area contributed by atoms with Crippen molar-refractivity contribution in [3.63, 3.8) is 0 Å². The van der Waals surface area contributed by atoms with Crippen LogP contribution in [-0.4, -0.2) is 19.3 Å². The van der Waals surface area contributed by atoms with E-state index in [0.29, 0.717) is 29.0 Å². The summed E-state index contributed by atoms with van der Waals surface area (Å²) in [7, 11) is 0. The van der Waals surface area contributed by atoms with Crippen molar-refractivity contribution in [3.05, 3.63) is 79.7 Å². The average Bonchev–Trinajstić information content (AvgIpc) is 3.20. The van der Waals surface area contributed by atoms with E-state index in [2.05, 4.69) is 26.1 Å². The van der Waals surface area contributed by atoms with Gasteiger partial charge in [0, 0.05) is 16.1 Å². The summed E-state index contributed by atoms with van der Waals surface area (Å²) in [6.45, 7) is 3.89. The van der Waals surface area contributed by atoms with Crippen LogP contribution in [0.25, 0.3) is 22.3 Å². The minimum Gasteiger partial charge on any atom is -0.337 e. The molecule has 0 saturated carbocycles. The van der Waals surface area contributed by atoms with Gasteiger partial charge >= 0.3 is 5.69 Å². The molecule has 1 atom stereocenters. The minimum absolute atomic E-state index is 0.0829. The van der Waals surface area contributed by atoms with Crippen LogP contribution in [0.2, 0.25) is 0 Å². The lowest BCUT2D eigenvalue weighted by molar-refractivity contribution is 0.367. The second kappa shape index (κ2) is 7.79. The molecular weight excluding hydrogens is 436 g/mol. The van der Waals surface area contributed by atoms with Crippen molar-refractivity contribution in [1.82, 2.24) is 19.3 Å². The summed E-state index contributed by atoms with van der Waals surface area (Å²) in [5.74, 6) is 0.740. The maximum Gasteiger partial charge on any atom is 0.332 e. The van der Waals surface area contributed by atoms with Crippen LogP contribution in [-0.2, 0) is 6.54 Å². The third kappa shape index (κ3) is 3.55. The molecule has 8 heteroatoms. The first-order chi connectivity index (χ1) is 14.0. The molecule has 0 bridgehead atoms. The van der Waals surface area contributed by atoms with E-state index in [1.807, 2.05) is 38.1 Å². The monoisotopic (exact) mass is 454 g/mol.